The van der Waals surface area contributed by atoms with E-state index >= 15 is 0 Å². The Morgan fingerprint density at radius 3 is 1.79 bits per heavy atom. The van der Waals surface area contributed by atoms with Gasteiger partial charge in [-0.2, -0.15) is 0 Å². The van der Waals surface area contributed by atoms with Crippen LogP contribution in [0.1, 0.15) is 54.4 Å². The van der Waals surface area contributed by atoms with Crippen LogP contribution in [0.15, 0.2) is 0 Å². The summed E-state index contributed by atoms with van der Waals surface area (Å²) in [5.74, 6) is 1.51. The van der Waals surface area contributed by atoms with Gasteiger partial charge in [-0.15, -0.1) is 0 Å². The Morgan fingerprint density at radius 2 is 1.50 bits per heavy atom. The highest BCUT2D eigenvalue weighted by atomic mass is 16.5. The van der Waals surface area contributed by atoms with Crippen LogP contribution in [-0.4, -0.2) is 12.2 Å². The topological polar surface area (TPSA) is 9.23 Å². The van der Waals surface area contributed by atoms with Gasteiger partial charge in [0.15, 0.2) is 0 Å². The summed E-state index contributed by atoms with van der Waals surface area (Å²) in [6, 6.07) is 0. The van der Waals surface area contributed by atoms with Crippen LogP contribution >= 0.6 is 0 Å². The van der Waals surface area contributed by atoms with E-state index in [0.717, 1.165) is 18.4 Å². The van der Waals surface area contributed by atoms with Crippen molar-refractivity contribution in [3.05, 3.63) is 0 Å². The molecule has 1 aliphatic heterocycles. The first kappa shape index (κ1) is 12.0. The van der Waals surface area contributed by atoms with E-state index in [1.54, 1.807) is 0 Å². The first-order valence-corrected chi connectivity index (χ1v) is 5.94. The number of hydrogen-bond acceptors (Lipinski definition) is 1. The van der Waals surface area contributed by atoms with Crippen LogP contribution in [0.4, 0.5) is 0 Å². The third-order valence-corrected chi connectivity index (χ3v) is 4.11. The Labute approximate surface area is 89.2 Å². The van der Waals surface area contributed by atoms with Crippen molar-refractivity contribution < 1.29 is 4.74 Å². The van der Waals surface area contributed by atoms with Crippen LogP contribution in [0.2, 0.25) is 0 Å². The van der Waals surface area contributed by atoms with Gasteiger partial charge in [-0.05, 0) is 43.9 Å². The van der Waals surface area contributed by atoms with Crippen molar-refractivity contribution in [1.82, 2.24) is 0 Å². The summed E-state index contributed by atoms with van der Waals surface area (Å²) in [7, 11) is 0. The Balaban J connectivity index is 2.88. The van der Waals surface area contributed by atoms with Crippen LogP contribution in [0.3, 0.4) is 0 Å². The van der Waals surface area contributed by atoms with Crippen LogP contribution < -0.4 is 0 Å². The van der Waals surface area contributed by atoms with E-state index in [0.29, 0.717) is 5.41 Å². The van der Waals surface area contributed by atoms with Crippen molar-refractivity contribution in [2.75, 3.05) is 6.61 Å². The molecule has 0 bridgehead atoms. The predicted molar refractivity (Wildman–Crippen MR) is 61.4 cm³/mol. The van der Waals surface area contributed by atoms with E-state index in [-0.39, 0.29) is 5.60 Å². The first-order chi connectivity index (χ1) is 6.30. The molecule has 1 fully saturated rings. The zero-order valence-electron chi connectivity index (χ0n) is 10.7. The van der Waals surface area contributed by atoms with Crippen LogP contribution in [0, 0.1) is 17.3 Å². The molecule has 0 radical (unpaired) electrons. The maximum absolute atomic E-state index is 5.82. The van der Waals surface area contributed by atoms with Crippen molar-refractivity contribution in [3.8, 4) is 0 Å². The summed E-state index contributed by atoms with van der Waals surface area (Å²) >= 11 is 0. The normalized spacial score (nSPS) is 25.7. The largest absolute Gasteiger partial charge is 0.376 e. The second kappa shape index (κ2) is 3.84. The lowest BCUT2D eigenvalue weighted by Gasteiger charge is -2.50. The fourth-order valence-corrected chi connectivity index (χ4v) is 3.10. The zero-order chi connectivity index (χ0) is 11.0. The lowest BCUT2D eigenvalue weighted by Crippen LogP contribution is -2.46. The minimum absolute atomic E-state index is 0.0762. The fraction of sp³-hybridized carbons (Fsp3) is 1.00. The van der Waals surface area contributed by atoms with E-state index in [1.807, 2.05) is 0 Å². The maximum atomic E-state index is 5.82. The highest BCUT2D eigenvalue weighted by Crippen LogP contribution is 2.49. The first-order valence-electron chi connectivity index (χ1n) is 5.94. The molecule has 0 unspecified atom stereocenters. The Bertz CT molecular complexity index is 183. The van der Waals surface area contributed by atoms with E-state index in [2.05, 4.69) is 41.5 Å². The molecule has 1 aliphatic rings. The van der Waals surface area contributed by atoms with Crippen molar-refractivity contribution >= 4 is 0 Å². The van der Waals surface area contributed by atoms with E-state index in [9.17, 15) is 0 Å². The van der Waals surface area contributed by atoms with Crippen molar-refractivity contribution in [2.45, 2.75) is 60.0 Å². The van der Waals surface area contributed by atoms with Gasteiger partial charge in [0.25, 0.3) is 0 Å². The van der Waals surface area contributed by atoms with E-state index < -0.39 is 0 Å². The number of ether oxygens (including phenoxy) is 1. The molecule has 0 atom stereocenters. The van der Waals surface area contributed by atoms with Crippen molar-refractivity contribution in [1.29, 1.82) is 0 Å². The Hall–Kier alpha value is -0.0400. The van der Waals surface area contributed by atoms with Crippen molar-refractivity contribution in [3.63, 3.8) is 0 Å². The summed E-state index contributed by atoms with van der Waals surface area (Å²) in [6.45, 7) is 14.8. The molecule has 0 aliphatic carbocycles. The molecule has 0 spiro atoms. The molecule has 0 aromatic rings. The average Bonchev–Trinajstić information content (AvgIpc) is 2.01. The summed E-state index contributed by atoms with van der Waals surface area (Å²) in [6.07, 6.45) is 2.43. The smallest absolute Gasteiger partial charge is 0.0632 e. The fourth-order valence-electron chi connectivity index (χ4n) is 3.10. The lowest BCUT2D eigenvalue weighted by atomic mass is 9.61. The summed E-state index contributed by atoms with van der Waals surface area (Å²) in [4.78, 5) is 0. The van der Waals surface area contributed by atoms with Gasteiger partial charge in [-0.25, -0.2) is 0 Å². The van der Waals surface area contributed by atoms with Crippen LogP contribution in [0.25, 0.3) is 0 Å². The summed E-state index contributed by atoms with van der Waals surface area (Å²) in [5.41, 5.74) is 0.564. The summed E-state index contributed by atoms with van der Waals surface area (Å²) < 4.78 is 5.82. The van der Waals surface area contributed by atoms with Gasteiger partial charge >= 0.3 is 0 Å². The molecule has 0 aromatic heterocycles. The maximum Gasteiger partial charge on any atom is 0.0632 e. The lowest BCUT2D eigenvalue weighted by molar-refractivity contribution is -0.134. The predicted octanol–water partition coefficient (Wildman–Crippen LogP) is 3.87. The highest BCUT2D eigenvalue weighted by molar-refractivity contribution is 4.94. The molecule has 1 rings (SSSR count). The monoisotopic (exact) mass is 198 g/mol. The molecule has 84 valence electrons. The van der Waals surface area contributed by atoms with Gasteiger partial charge in [-0.1, -0.05) is 27.7 Å². The van der Waals surface area contributed by atoms with E-state index in [1.165, 1.54) is 12.8 Å². The zero-order valence-corrected chi connectivity index (χ0v) is 10.7. The molecule has 0 saturated carbocycles. The molecule has 1 heteroatoms. The molecule has 0 amide bonds. The van der Waals surface area contributed by atoms with Gasteiger partial charge in [0.2, 0.25) is 0 Å². The van der Waals surface area contributed by atoms with Gasteiger partial charge < -0.3 is 4.74 Å². The number of hydrogen-bond donors (Lipinski definition) is 0. The summed E-state index contributed by atoms with van der Waals surface area (Å²) in [5, 5.41) is 0. The second-order valence-corrected chi connectivity index (χ2v) is 6.08. The van der Waals surface area contributed by atoms with Crippen LogP contribution in [-0.2, 0) is 4.74 Å². The molecule has 14 heavy (non-hydrogen) atoms. The number of rotatable bonds is 2. The molecular formula is C13H26O. The minimum Gasteiger partial charge on any atom is -0.376 e. The quantitative estimate of drug-likeness (QED) is 0.654. The van der Waals surface area contributed by atoms with Gasteiger partial charge in [-0.3, -0.25) is 0 Å². The molecule has 0 N–H and O–H groups in total. The average molecular weight is 198 g/mol. The SMILES string of the molecule is CC(C)C1(C(C)C)CCOC(C)(C)C1. The van der Waals surface area contributed by atoms with Gasteiger partial charge in [0.1, 0.15) is 0 Å². The third kappa shape index (κ3) is 2.13. The molecule has 1 nitrogen and oxygen atoms in total. The molecule has 0 aromatic carbocycles. The standard InChI is InChI=1S/C13H26O/c1-10(2)13(11(3)4)7-8-14-12(5,6)9-13/h10-11H,7-9H2,1-6H3. The second-order valence-electron chi connectivity index (χ2n) is 6.08. The molecule has 1 heterocycles. The van der Waals surface area contributed by atoms with E-state index in [4.69, 9.17) is 4.74 Å². The minimum atomic E-state index is 0.0762. The Morgan fingerprint density at radius 1 is 1.00 bits per heavy atom. The molecule has 1 saturated heterocycles. The Kier molecular flexibility index (Phi) is 3.30. The highest BCUT2D eigenvalue weighted by Gasteiger charge is 2.44. The van der Waals surface area contributed by atoms with Crippen molar-refractivity contribution in [2.24, 2.45) is 17.3 Å². The van der Waals surface area contributed by atoms with Crippen LogP contribution in [0.5, 0.6) is 0 Å². The van der Waals surface area contributed by atoms with Gasteiger partial charge in [0.05, 0.1) is 5.60 Å². The third-order valence-electron chi connectivity index (χ3n) is 4.11. The van der Waals surface area contributed by atoms with Gasteiger partial charge in [0, 0.05) is 6.61 Å². The molecular weight excluding hydrogens is 172 g/mol.